The summed E-state index contributed by atoms with van der Waals surface area (Å²) in [5.74, 6) is 5.62. The van der Waals surface area contributed by atoms with Crippen molar-refractivity contribution in [3.05, 3.63) is 24.3 Å². The highest BCUT2D eigenvalue weighted by Gasteiger charge is 1.83. The Kier molecular flexibility index (Phi) is 3.52. The third-order valence-electron chi connectivity index (χ3n) is 1.17. The van der Waals surface area contributed by atoms with Gasteiger partial charge in [0.1, 0.15) is 12.0 Å². The summed E-state index contributed by atoms with van der Waals surface area (Å²) in [5.41, 5.74) is 0.642. The molecule has 0 unspecified atom stereocenters. The summed E-state index contributed by atoms with van der Waals surface area (Å²) >= 11 is 0. The van der Waals surface area contributed by atoms with Gasteiger partial charge >= 0.3 is 0 Å². The Labute approximate surface area is 70.9 Å². The first-order valence-electron chi connectivity index (χ1n) is 3.62. The topological polar surface area (TPSA) is 42.9 Å². The minimum atomic E-state index is 0.479. The van der Waals surface area contributed by atoms with Crippen LogP contribution in [0.15, 0.2) is 18.6 Å². The van der Waals surface area contributed by atoms with E-state index in [-0.39, 0.29) is 0 Å². The molecule has 0 amide bonds. The van der Waals surface area contributed by atoms with Crippen LogP contribution in [0.4, 0.5) is 0 Å². The summed E-state index contributed by atoms with van der Waals surface area (Å²) in [5, 5.41) is 0. The molecule has 1 rings (SSSR count). The second kappa shape index (κ2) is 5.03. The van der Waals surface area contributed by atoms with Crippen LogP contribution in [-0.2, 0) is 4.79 Å². The molecular weight excluding hydrogens is 152 g/mol. The largest absolute Gasteiger partial charge is 0.303 e. The predicted octanol–water partition coefficient (Wildman–Crippen LogP) is 0.807. The second-order valence-electron chi connectivity index (χ2n) is 2.10. The zero-order chi connectivity index (χ0) is 8.65. The number of rotatable bonds is 2. The van der Waals surface area contributed by atoms with Crippen LogP contribution in [0.5, 0.6) is 0 Å². The number of carbonyl (C=O) groups excluding carboxylic acids is 1. The molecular formula is C9H8N2O. The molecule has 0 radical (unpaired) electrons. The third kappa shape index (κ3) is 2.93. The standard InChI is InChI=1S/C9H8N2O/c12-7-3-1-2-4-9-8-10-5-6-11-9/h5-8H,1,3H2. The van der Waals surface area contributed by atoms with Crippen molar-refractivity contribution in [2.75, 3.05) is 0 Å². The van der Waals surface area contributed by atoms with Gasteiger partial charge in [-0.3, -0.25) is 4.98 Å². The van der Waals surface area contributed by atoms with Gasteiger partial charge in [0.05, 0.1) is 6.20 Å². The Morgan fingerprint density at radius 2 is 2.42 bits per heavy atom. The first-order chi connectivity index (χ1) is 5.93. The van der Waals surface area contributed by atoms with E-state index in [1.165, 1.54) is 0 Å². The molecule has 1 aromatic heterocycles. The quantitative estimate of drug-likeness (QED) is 0.365. The van der Waals surface area contributed by atoms with Gasteiger partial charge in [-0.25, -0.2) is 4.98 Å². The molecule has 3 heteroatoms. The first-order valence-corrected chi connectivity index (χ1v) is 3.62. The Morgan fingerprint density at radius 1 is 1.50 bits per heavy atom. The maximum absolute atomic E-state index is 9.92. The zero-order valence-corrected chi connectivity index (χ0v) is 6.53. The van der Waals surface area contributed by atoms with Crippen molar-refractivity contribution in [2.24, 2.45) is 0 Å². The second-order valence-corrected chi connectivity index (χ2v) is 2.10. The average Bonchev–Trinajstić information content (AvgIpc) is 2.14. The van der Waals surface area contributed by atoms with E-state index in [1.807, 2.05) is 0 Å². The molecule has 0 aromatic carbocycles. The highest BCUT2D eigenvalue weighted by molar-refractivity contribution is 5.49. The van der Waals surface area contributed by atoms with Crippen LogP contribution in [-0.4, -0.2) is 16.3 Å². The van der Waals surface area contributed by atoms with Crippen LogP contribution in [0.25, 0.3) is 0 Å². The molecule has 0 N–H and O–H groups in total. The van der Waals surface area contributed by atoms with Crippen molar-refractivity contribution in [1.29, 1.82) is 0 Å². The Hall–Kier alpha value is -1.69. The molecule has 0 atom stereocenters. The fourth-order valence-electron chi connectivity index (χ4n) is 0.648. The van der Waals surface area contributed by atoms with Crippen LogP contribution >= 0.6 is 0 Å². The van der Waals surface area contributed by atoms with Gasteiger partial charge in [0, 0.05) is 25.2 Å². The van der Waals surface area contributed by atoms with Gasteiger partial charge in [-0.15, -0.1) is 0 Å². The molecule has 0 aliphatic heterocycles. The van der Waals surface area contributed by atoms with Crippen molar-refractivity contribution in [1.82, 2.24) is 9.97 Å². The van der Waals surface area contributed by atoms with Crippen molar-refractivity contribution in [3.8, 4) is 11.8 Å². The molecule has 0 aliphatic rings. The van der Waals surface area contributed by atoms with Gasteiger partial charge in [-0.1, -0.05) is 5.92 Å². The summed E-state index contributed by atoms with van der Waals surface area (Å²) in [7, 11) is 0. The molecule has 0 aliphatic carbocycles. The van der Waals surface area contributed by atoms with Crippen molar-refractivity contribution < 1.29 is 4.79 Å². The van der Waals surface area contributed by atoms with E-state index < -0.39 is 0 Å². The summed E-state index contributed by atoms with van der Waals surface area (Å²) < 4.78 is 0. The monoisotopic (exact) mass is 160 g/mol. The van der Waals surface area contributed by atoms with Crippen molar-refractivity contribution in [3.63, 3.8) is 0 Å². The number of unbranched alkanes of at least 4 members (excludes halogenated alkanes) is 1. The molecule has 3 nitrogen and oxygen atoms in total. The number of hydrogen-bond donors (Lipinski definition) is 0. The third-order valence-corrected chi connectivity index (χ3v) is 1.17. The van der Waals surface area contributed by atoms with E-state index in [4.69, 9.17) is 0 Å². The minimum Gasteiger partial charge on any atom is -0.303 e. The number of hydrogen-bond acceptors (Lipinski definition) is 3. The lowest BCUT2D eigenvalue weighted by Crippen LogP contribution is -1.81. The summed E-state index contributed by atoms with van der Waals surface area (Å²) in [6, 6.07) is 0. The lowest BCUT2D eigenvalue weighted by molar-refractivity contribution is -0.107. The Morgan fingerprint density at radius 3 is 3.08 bits per heavy atom. The van der Waals surface area contributed by atoms with Gasteiger partial charge < -0.3 is 4.79 Å². The predicted molar refractivity (Wildman–Crippen MR) is 44.2 cm³/mol. The van der Waals surface area contributed by atoms with Gasteiger partial charge in [0.2, 0.25) is 0 Å². The van der Waals surface area contributed by atoms with Crippen molar-refractivity contribution in [2.45, 2.75) is 12.8 Å². The smallest absolute Gasteiger partial charge is 0.131 e. The molecule has 0 saturated carbocycles. The van der Waals surface area contributed by atoms with E-state index >= 15 is 0 Å². The highest BCUT2D eigenvalue weighted by atomic mass is 16.1. The zero-order valence-electron chi connectivity index (χ0n) is 6.53. The molecule has 1 heterocycles. The van der Waals surface area contributed by atoms with E-state index in [0.717, 1.165) is 6.29 Å². The number of aromatic nitrogens is 2. The maximum Gasteiger partial charge on any atom is 0.131 e. The summed E-state index contributed by atoms with van der Waals surface area (Å²) in [6.07, 6.45) is 6.69. The Balaban J connectivity index is 2.49. The molecule has 0 bridgehead atoms. The number of aldehydes is 1. The van der Waals surface area contributed by atoms with E-state index in [1.54, 1.807) is 18.6 Å². The normalized spacial score (nSPS) is 8.33. The van der Waals surface area contributed by atoms with Crippen LogP contribution in [0.1, 0.15) is 18.5 Å². The van der Waals surface area contributed by atoms with Crippen LogP contribution < -0.4 is 0 Å². The molecule has 12 heavy (non-hydrogen) atoms. The van der Waals surface area contributed by atoms with Gasteiger partial charge in [-0.2, -0.15) is 0 Å². The molecule has 1 aromatic rings. The van der Waals surface area contributed by atoms with Crippen molar-refractivity contribution >= 4 is 6.29 Å². The number of carbonyl (C=O) groups is 1. The first kappa shape index (κ1) is 8.41. The summed E-state index contributed by atoms with van der Waals surface area (Å²) in [6.45, 7) is 0. The van der Waals surface area contributed by atoms with E-state index in [0.29, 0.717) is 18.5 Å². The van der Waals surface area contributed by atoms with Gasteiger partial charge in [0.15, 0.2) is 0 Å². The molecule has 0 saturated heterocycles. The van der Waals surface area contributed by atoms with Crippen LogP contribution in [0, 0.1) is 11.8 Å². The Bertz CT molecular complexity index is 297. The molecule has 0 fully saturated rings. The van der Waals surface area contributed by atoms with Crippen LogP contribution in [0.2, 0.25) is 0 Å². The summed E-state index contributed by atoms with van der Waals surface area (Å²) in [4.78, 5) is 17.7. The van der Waals surface area contributed by atoms with E-state index in [2.05, 4.69) is 21.8 Å². The lowest BCUT2D eigenvalue weighted by Gasteiger charge is -1.84. The molecule has 60 valence electrons. The fourth-order valence-corrected chi connectivity index (χ4v) is 0.648. The van der Waals surface area contributed by atoms with E-state index in [9.17, 15) is 4.79 Å². The SMILES string of the molecule is O=CCCC#Cc1cnccn1. The number of nitrogens with zero attached hydrogens (tertiary/aromatic N) is 2. The minimum absolute atomic E-state index is 0.479. The fraction of sp³-hybridized carbons (Fsp3) is 0.222. The molecule has 0 spiro atoms. The van der Waals surface area contributed by atoms with Crippen LogP contribution in [0.3, 0.4) is 0 Å². The van der Waals surface area contributed by atoms with Gasteiger partial charge in [0.25, 0.3) is 0 Å². The van der Waals surface area contributed by atoms with Gasteiger partial charge in [-0.05, 0) is 5.92 Å². The highest BCUT2D eigenvalue weighted by Crippen LogP contribution is 1.87. The lowest BCUT2D eigenvalue weighted by atomic mass is 10.3. The maximum atomic E-state index is 9.92. The average molecular weight is 160 g/mol.